The standard InChI is InChI=1S/C12H18INO2/c1-8(12(2,3)4)6-14-7-9(13)5-10(14)11(15)16/h5,7-8H,6H2,1-4H3,(H,15,16). The Balaban J connectivity index is 2.93. The third-order valence-electron chi connectivity index (χ3n) is 3.03. The van der Waals surface area contributed by atoms with E-state index in [4.69, 9.17) is 5.11 Å². The minimum absolute atomic E-state index is 0.186. The molecule has 0 saturated heterocycles. The molecule has 0 bridgehead atoms. The van der Waals surface area contributed by atoms with Gasteiger partial charge < -0.3 is 9.67 Å². The molecule has 1 aromatic rings. The predicted molar refractivity (Wildman–Crippen MR) is 72.7 cm³/mol. The second-order valence-corrected chi connectivity index (χ2v) is 6.51. The molecular formula is C12H18INO2. The molecule has 4 heteroatoms. The first-order valence-electron chi connectivity index (χ1n) is 5.31. The summed E-state index contributed by atoms with van der Waals surface area (Å²) in [5, 5.41) is 9.07. The molecule has 3 nitrogen and oxygen atoms in total. The summed E-state index contributed by atoms with van der Waals surface area (Å²) in [6.45, 7) is 9.42. The molecule has 0 aliphatic rings. The number of carbonyl (C=O) groups is 1. The summed E-state index contributed by atoms with van der Waals surface area (Å²) < 4.78 is 2.80. The number of nitrogens with zero attached hydrogens (tertiary/aromatic N) is 1. The van der Waals surface area contributed by atoms with Gasteiger partial charge in [-0.3, -0.25) is 0 Å². The normalized spacial score (nSPS) is 13.8. The first-order valence-corrected chi connectivity index (χ1v) is 6.38. The molecule has 1 heterocycles. The Kier molecular flexibility index (Phi) is 4.04. The van der Waals surface area contributed by atoms with Gasteiger partial charge in [-0.25, -0.2) is 4.79 Å². The lowest BCUT2D eigenvalue weighted by atomic mass is 9.82. The Morgan fingerprint density at radius 2 is 2.12 bits per heavy atom. The molecule has 1 aromatic heterocycles. The van der Waals surface area contributed by atoms with Crippen molar-refractivity contribution in [2.24, 2.45) is 11.3 Å². The van der Waals surface area contributed by atoms with E-state index >= 15 is 0 Å². The second-order valence-electron chi connectivity index (χ2n) is 5.27. The molecule has 1 N–H and O–H groups in total. The molecule has 0 radical (unpaired) electrons. The fraction of sp³-hybridized carbons (Fsp3) is 0.583. The van der Waals surface area contributed by atoms with Crippen LogP contribution in [-0.4, -0.2) is 15.6 Å². The Bertz CT molecular complexity index is 390. The number of aromatic carboxylic acids is 1. The first kappa shape index (κ1) is 13.5. The Hall–Kier alpha value is -0.520. The predicted octanol–water partition coefficient (Wildman–Crippen LogP) is 3.47. The van der Waals surface area contributed by atoms with Crippen LogP contribution >= 0.6 is 22.6 Å². The van der Waals surface area contributed by atoms with Gasteiger partial charge in [0.25, 0.3) is 0 Å². The summed E-state index contributed by atoms with van der Waals surface area (Å²) in [6.07, 6.45) is 1.90. The number of hydrogen-bond donors (Lipinski definition) is 1. The third-order valence-corrected chi connectivity index (χ3v) is 3.62. The average molecular weight is 335 g/mol. The molecule has 0 spiro atoms. The minimum Gasteiger partial charge on any atom is -0.477 e. The molecule has 1 unspecified atom stereocenters. The Morgan fingerprint density at radius 3 is 2.56 bits per heavy atom. The maximum absolute atomic E-state index is 11.0. The van der Waals surface area contributed by atoms with Gasteiger partial charge in [0.15, 0.2) is 0 Å². The van der Waals surface area contributed by atoms with Crippen molar-refractivity contribution in [2.75, 3.05) is 0 Å². The summed E-state index contributed by atoms with van der Waals surface area (Å²) in [5.41, 5.74) is 0.561. The number of carboxylic acids is 1. The van der Waals surface area contributed by atoms with E-state index in [1.165, 1.54) is 0 Å². The van der Waals surface area contributed by atoms with Crippen LogP contribution in [0, 0.1) is 14.9 Å². The van der Waals surface area contributed by atoms with E-state index in [9.17, 15) is 4.79 Å². The molecular weight excluding hydrogens is 317 g/mol. The van der Waals surface area contributed by atoms with E-state index in [1.807, 2.05) is 10.8 Å². The highest BCUT2D eigenvalue weighted by Gasteiger charge is 2.22. The molecule has 1 atom stereocenters. The van der Waals surface area contributed by atoms with Gasteiger partial charge >= 0.3 is 5.97 Å². The first-order chi connectivity index (χ1) is 7.21. The molecule has 0 aromatic carbocycles. The highest BCUT2D eigenvalue weighted by atomic mass is 127. The number of hydrogen-bond acceptors (Lipinski definition) is 1. The van der Waals surface area contributed by atoms with Crippen LogP contribution in [0.5, 0.6) is 0 Å². The SMILES string of the molecule is CC(Cn1cc(I)cc1C(=O)O)C(C)(C)C. The largest absolute Gasteiger partial charge is 0.477 e. The molecule has 90 valence electrons. The second kappa shape index (κ2) is 4.77. The molecule has 0 amide bonds. The monoisotopic (exact) mass is 335 g/mol. The van der Waals surface area contributed by atoms with Gasteiger partial charge in [0, 0.05) is 16.3 Å². The number of aromatic nitrogens is 1. The molecule has 0 saturated carbocycles. The summed E-state index contributed by atoms with van der Waals surface area (Å²) in [5.74, 6) is -0.433. The van der Waals surface area contributed by atoms with Crippen LogP contribution in [0.15, 0.2) is 12.3 Å². The number of halogens is 1. The van der Waals surface area contributed by atoms with Gasteiger partial charge in [0.1, 0.15) is 5.69 Å². The van der Waals surface area contributed by atoms with Gasteiger partial charge in [-0.05, 0) is 40.0 Å². The zero-order valence-corrected chi connectivity index (χ0v) is 12.3. The van der Waals surface area contributed by atoms with Gasteiger partial charge in [0.05, 0.1) is 0 Å². The van der Waals surface area contributed by atoms with Crippen LogP contribution in [0.25, 0.3) is 0 Å². The highest BCUT2D eigenvalue weighted by molar-refractivity contribution is 14.1. The fourth-order valence-electron chi connectivity index (χ4n) is 1.37. The summed E-state index contributed by atoms with van der Waals surface area (Å²) in [4.78, 5) is 11.0. The van der Waals surface area contributed by atoms with Crippen molar-refractivity contribution in [1.29, 1.82) is 0 Å². The topological polar surface area (TPSA) is 42.2 Å². The summed E-state index contributed by atoms with van der Waals surface area (Å²) >= 11 is 2.14. The molecule has 0 aliphatic heterocycles. The molecule has 0 aliphatic carbocycles. The van der Waals surface area contributed by atoms with Crippen LogP contribution in [-0.2, 0) is 6.54 Å². The smallest absolute Gasteiger partial charge is 0.352 e. The molecule has 1 rings (SSSR count). The van der Waals surface area contributed by atoms with E-state index < -0.39 is 5.97 Å². The highest BCUT2D eigenvalue weighted by Crippen LogP contribution is 2.27. The van der Waals surface area contributed by atoms with E-state index in [0.717, 1.165) is 10.1 Å². The van der Waals surface area contributed by atoms with Gasteiger partial charge in [-0.15, -0.1) is 0 Å². The van der Waals surface area contributed by atoms with E-state index in [0.29, 0.717) is 11.6 Å². The Labute approximate surface area is 110 Å². The van der Waals surface area contributed by atoms with Gasteiger partial charge in [-0.1, -0.05) is 27.7 Å². The zero-order chi connectivity index (χ0) is 12.5. The lowest BCUT2D eigenvalue weighted by Crippen LogP contribution is -2.23. The van der Waals surface area contributed by atoms with Crippen molar-refractivity contribution in [1.82, 2.24) is 4.57 Å². The number of rotatable bonds is 3. The fourth-order valence-corrected chi connectivity index (χ4v) is 2.00. The quantitative estimate of drug-likeness (QED) is 0.860. The van der Waals surface area contributed by atoms with Crippen LogP contribution in [0.2, 0.25) is 0 Å². The molecule has 0 fully saturated rings. The maximum atomic E-state index is 11.0. The van der Waals surface area contributed by atoms with Crippen molar-refractivity contribution >= 4 is 28.6 Å². The van der Waals surface area contributed by atoms with Crippen LogP contribution in [0.1, 0.15) is 38.2 Å². The maximum Gasteiger partial charge on any atom is 0.352 e. The van der Waals surface area contributed by atoms with Gasteiger partial charge in [0.2, 0.25) is 0 Å². The zero-order valence-electron chi connectivity index (χ0n) is 10.1. The van der Waals surface area contributed by atoms with E-state index in [-0.39, 0.29) is 5.41 Å². The van der Waals surface area contributed by atoms with Crippen molar-refractivity contribution < 1.29 is 9.90 Å². The summed E-state index contributed by atoms with van der Waals surface area (Å²) in [7, 11) is 0. The minimum atomic E-state index is -0.857. The van der Waals surface area contributed by atoms with Crippen molar-refractivity contribution in [3.63, 3.8) is 0 Å². The number of carboxylic acid groups (broad SMARTS) is 1. The third kappa shape index (κ3) is 3.23. The van der Waals surface area contributed by atoms with Gasteiger partial charge in [-0.2, -0.15) is 0 Å². The lowest BCUT2D eigenvalue weighted by molar-refractivity contribution is 0.0681. The molecule has 16 heavy (non-hydrogen) atoms. The van der Waals surface area contributed by atoms with Crippen LogP contribution < -0.4 is 0 Å². The summed E-state index contributed by atoms with van der Waals surface area (Å²) in [6, 6.07) is 1.71. The van der Waals surface area contributed by atoms with E-state index in [2.05, 4.69) is 50.3 Å². The lowest BCUT2D eigenvalue weighted by Gasteiger charge is -2.28. The Morgan fingerprint density at radius 1 is 1.56 bits per heavy atom. The van der Waals surface area contributed by atoms with Crippen molar-refractivity contribution in [3.05, 3.63) is 21.5 Å². The van der Waals surface area contributed by atoms with Crippen LogP contribution in [0.3, 0.4) is 0 Å². The van der Waals surface area contributed by atoms with Crippen molar-refractivity contribution in [2.45, 2.75) is 34.2 Å². The van der Waals surface area contributed by atoms with Crippen molar-refractivity contribution in [3.8, 4) is 0 Å². The average Bonchev–Trinajstić information content (AvgIpc) is 2.45. The van der Waals surface area contributed by atoms with Crippen LogP contribution in [0.4, 0.5) is 0 Å². The van der Waals surface area contributed by atoms with E-state index in [1.54, 1.807) is 6.07 Å².